The zero-order valence-electron chi connectivity index (χ0n) is 2.28. The van der Waals surface area contributed by atoms with Crippen LogP contribution in [-0.4, -0.2) is 19.4 Å². The standard InChI is InChI=1S/B.2Fe.H3Si/h;;;1H3. The van der Waals surface area contributed by atoms with Gasteiger partial charge in [0.05, 0.1) is 0 Å². The van der Waals surface area contributed by atoms with Gasteiger partial charge in [-0.25, -0.2) is 0 Å². The Morgan fingerprint density at radius 2 is 0.750 bits per heavy atom. The van der Waals surface area contributed by atoms with Gasteiger partial charge in [-0.15, -0.1) is 0 Å². The molecule has 0 aromatic heterocycles. The summed E-state index contributed by atoms with van der Waals surface area (Å²) in [4.78, 5) is 0. The summed E-state index contributed by atoms with van der Waals surface area (Å²) in [5.41, 5.74) is 0. The van der Waals surface area contributed by atoms with Crippen LogP contribution in [0.5, 0.6) is 0 Å². The molecule has 0 amide bonds. The van der Waals surface area contributed by atoms with E-state index >= 15 is 0 Å². The van der Waals surface area contributed by atoms with Crippen LogP contribution in [0.2, 0.25) is 0 Å². The maximum absolute atomic E-state index is 0. The van der Waals surface area contributed by atoms with Crippen LogP contribution in [0.25, 0.3) is 0 Å². The minimum atomic E-state index is 0. The van der Waals surface area contributed by atoms with Crippen molar-refractivity contribution in [2.75, 3.05) is 0 Å². The van der Waals surface area contributed by atoms with Gasteiger partial charge in [0.25, 0.3) is 0 Å². The van der Waals surface area contributed by atoms with Crippen LogP contribution in [0, 0.1) is 0 Å². The van der Waals surface area contributed by atoms with E-state index in [1.54, 1.807) is 0 Å². The molecule has 0 aliphatic rings. The normalized spacial score (nSPS) is 0. The number of hydrogen-bond acceptors (Lipinski definition) is 0. The van der Waals surface area contributed by atoms with Crippen LogP contribution in [0.1, 0.15) is 0 Å². The van der Waals surface area contributed by atoms with Crippen LogP contribution in [-0.2, 0) is 34.1 Å². The molecule has 0 bridgehead atoms. The Morgan fingerprint density at radius 3 is 0.750 bits per heavy atom. The van der Waals surface area contributed by atoms with Crippen molar-refractivity contribution in [3.63, 3.8) is 0 Å². The molecular weight excluding hydrogens is 151 g/mol. The van der Waals surface area contributed by atoms with E-state index in [-0.39, 0.29) is 53.5 Å². The van der Waals surface area contributed by atoms with Crippen LogP contribution in [0.15, 0.2) is 0 Å². The van der Waals surface area contributed by atoms with Crippen molar-refractivity contribution in [1.82, 2.24) is 0 Å². The summed E-state index contributed by atoms with van der Waals surface area (Å²) in [5, 5.41) is 0. The summed E-state index contributed by atoms with van der Waals surface area (Å²) in [6, 6.07) is 0. The molecule has 0 aliphatic heterocycles. The molecule has 0 aromatic rings. The van der Waals surface area contributed by atoms with E-state index in [0.717, 1.165) is 0 Å². The molecule has 4 heteroatoms. The molecule has 0 aromatic carbocycles. The zero-order valence-corrected chi connectivity index (χ0v) is 6.49. The third-order valence-corrected chi connectivity index (χ3v) is 0. The fourth-order valence-corrected chi connectivity index (χ4v) is 0. The molecule has 4 heavy (non-hydrogen) atoms. The van der Waals surface area contributed by atoms with E-state index in [1.807, 2.05) is 0 Å². The van der Waals surface area contributed by atoms with Gasteiger partial charge in [0.1, 0.15) is 0 Å². The van der Waals surface area contributed by atoms with Crippen LogP contribution in [0.3, 0.4) is 0 Å². The summed E-state index contributed by atoms with van der Waals surface area (Å²) < 4.78 is 0. The summed E-state index contributed by atoms with van der Waals surface area (Å²) in [5.74, 6) is 0. The van der Waals surface area contributed by atoms with Gasteiger partial charge in [0.2, 0.25) is 0 Å². The minimum absolute atomic E-state index is 0. The Morgan fingerprint density at radius 1 is 0.750 bits per heavy atom. The van der Waals surface area contributed by atoms with E-state index in [9.17, 15) is 0 Å². The molecule has 0 fully saturated rings. The SMILES string of the molecule is [B].[Fe].[Fe].[SiH3]. The van der Waals surface area contributed by atoms with Crippen molar-refractivity contribution in [3.05, 3.63) is 0 Å². The van der Waals surface area contributed by atoms with Gasteiger partial charge in [-0.3, -0.25) is 0 Å². The average molecular weight is 154 g/mol. The minimum Gasteiger partial charge on any atom is -0.0125 e. The molecule has 0 unspecified atom stereocenters. The van der Waals surface area contributed by atoms with Crippen molar-refractivity contribution < 1.29 is 34.1 Å². The Hall–Kier alpha value is 1.32. The molecule has 0 spiro atoms. The maximum atomic E-state index is 0. The van der Waals surface area contributed by atoms with E-state index in [1.165, 1.54) is 0 Å². The van der Waals surface area contributed by atoms with Crippen LogP contribution >= 0.6 is 0 Å². The second-order valence-electron chi connectivity index (χ2n) is 0. The Labute approximate surface area is 53.7 Å². The second-order valence-corrected chi connectivity index (χ2v) is 0. The largest absolute Gasteiger partial charge is 0.0125 e. The Balaban J connectivity index is 0. The Bertz CT molecular complexity index is 6.00. The van der Waals surface area contributed by atoms with Gasteiger partial charge >= 0.3 is 0 Å². The third kappa shape index (κ3) is 10.3. The predicted molar refractivity (Wildman–Crippen MR) is 15.7 cm³/mol. The first kappa shape index (κ1) is 56.9. The van der Waals surface area contributed by atoms with Gasteiger partial charge in [-0.05, 0) is 11.0 Å². The van der Waals surface area contributed by atoms with E-state index in [2.05, 4.69) is 0 Å². The molecule has 0 aliphatic carbocycles. The average Bonchev–Trinajstić information content (AvgIpc) is 0. The quantitative estimate of drug-likeness (QED) is 0.369. The molecule has 0 saturated carbocycles. The fourth-order valence-electron chi connectivity index (χ4n) is 0. The first-order valence-corrected chi connectivity index (χ1v) is 0. The molecule has 0 saturated heterocycles. The van der Waals surface area contributed by atoms with Crippen molar-refractivity contribution in [3.8, 4) is 0 Å². The summed E-state index contributed by atoms with van der Waals surface area (Å²) in [6.07, 6.45) is 0. The maximum Gasteiger partial charge on any atom is 0 e. The van der Waals surface area contributed by atoms with Gasteiger partial charge < -0.3 is 0 Å². The number of rotatable bonds is 0. The van der Waals surface area contributed by atoms with Crippen LogP contribution < -0.4 is 0 Å². The van der Waals surface area contributed by atoms with Gasteiger partial charge in [-0.1, -0.05) is 0 Å². The first-order chi connectivity index (χ1) is 0. The molecule has 0 nitrogen and oxygen atoms in total. The third-order valence-electron chi connectivity index (χ3n) is 0. The molecule has 0 rings (SSSR count). The smallest absolute Gasteiger partial charge is 0 e. The topological polar surface area (TPSA) is 0 Å². The summed E-state index contributed by atoms with van der Waals surface area (Å²) in [6.45, 7) is 0. The van der Waals surface area contributed by atoms with Gasteiger partial charge in [-0.2, -0.15) is 0 Å². The molecule has 0 heterocycles. The molecule has 0 atom stereocenters. The number of hydrogen-bond donors (Lipinski definition) is 0. The molecule has 4 radical (unpaired) electrons. The molecule has 0 N–H and O–H groups in total. The van der Waals surface area contributed by atoms with Gasteiger partial charge in [0.15, 0.2) is 0 Å². The predicted octanol–water partition coefficient (Wildman–Crippen LogP) is -1.57. The van der Waals surface area contributed by atoms with Crippen molar-refractivity contribution in [2.45, 2.75) is 0 Å². The van der Waals surface area contributed by atoms with Crippen LogP contribution in [0.4, 0.5) is 0 Å². The van der Waals surface area contributed by atoms with Gasteiger partial charge in [0, 0.05) is 42.6 Å². The van der Waals surface area contributed by atoms with Crippen molar-refractivity contribution in [2.24, 2.45) is 0 Å². The monoisotopic (exact) mass is 154 g/mol. The van der Waals surface area contributed by atoms with E-state index in [4.69, 9.17) is 0 Å². The Kier molecular flexibility index (Phi) is 389. The second kappa shape index (κ2) is 27.3. The van der Waals surface area contributed by atoms with Crippen molar-refractivity contribution >= 4 is 19.4 Å². The fraction of sp³-hybridized carbons (Fsp3) is 0. The van der Waals surface area contributed by atoms with E-state index < -0.39 is 0 Å². The first-order valence-electron chi connectivity index (χ1n) is 0. The molecular formula is H3BFe2Si. The van der Waals surface area contributed by atoms with E-state index in [0.29, 0.717) is 0 Å². The summed E-state index contributed by atoms with van der Waals surface area (Å²) in [7, 11) is 0. The summed E-state index contributed by atoms with van der Waals surface area (Å²) >= 11 is 0. The van der Waals surface area contributed by atoms with Crippen molar-refractivity contribution in [1.29, 1.82) is 0 Å². The molecule has 26 valence electrons. The zero-order chi connectivity index (χ0) is 0.